The number of carbonyl (C=O) groups excluding carboxylic acids is 1. The van der Waals surface area contributed by atoms with Gasteiger partial charge in [0.2, 0.25) is 0 Å². The molecule has 0 bridgehead atoms. The fourth-order valence-corrected chi connectivity index (χ4v) is 4.77. The van der Waals surface area contributed by atoms with Gasteiger partial charge in [-0.15, -0.1) is 5.10 Å². The first-order valence-corrected chi connectivity index (χ1v) is 11.5. The van der Waals surface area contributed by atoms with E-state index in [9.17, 15) is 4.79 Å². The van der Waals surface area contributed by atoms with Crippen molar-refractivity contribution in [3.63, 3.8) is 0 Å². The molecule has 0 radical (unpaired) electrons. The van der Waals surface area contributed by atoms with Gasteiger partial charge in [0.1, 0.15) is 5.70 Å². The zero-order valence-corrected chi connectivity index (χ0v) is 19.1. The summed E-state index contributed by atoms with van der Waals surface area (Å²) in [5.74, 6) is 0.787. The molecule has 0 spiro atoms. The van der Waals surface area contributed by atoms with Crippen molar-refractivity contribution in [1.29, 1.82) is 0 Å². The summed E-state index contributed by atoms with van der Waals surface area (Å²) in [6.07, 6.45) is 1.82. The Morgan fingerprint density at radius 1 is 1.21 bits per heavy atom. The van der Waals surface area contributed by atoms with E-state index >= 15 is 0 Å². The first-order chi connectivity index (χ1) is 14.0. The highest BCUT2D eigenvalue weighted by molar-refractivity contribution is 9.10. The van der Waals surface area contributed by atoms with Gasteiger partial charge in [0.05, 0.1) is 5.36 Å². The number of rotatable bonds is 4. The summed E-state index contributed by atoms with van der Waals surface area (Å²) in [5.41, 5.74) is 3.90. The van der Waals surface area contributed by atoms with Crippen molar-refractivity contribution in [1.82, 2.24) is 10.3 Å². The molecule has 150 valence electrons. The van der Waals surface area contributed by atoms with Gasteiger partial charge in [0.25, 0.3) is 5.91 Å². The van der Waals surface area contributed by atoms with Crippen LogP contribution in [0.3, 0.4) is 0 Å². The number of halogens is 1. The van der Waals surface area contributed by atoms with Crippen LogP contribution in [0.5, 0.6) is 0 Å². The number of benzene rings is 2. The molecule has 5 nitrogen and oxygen atoms in total. The van der Waals surface area contributed by atoms with Crippen molar-refractivity contribution in [2.75, 3.05) is 5.75 Å². The van der Waals surface area contributed by atoms with Gasteiger partial charge in [-0.05, 0) is 44.0 Å². The minimum Gasteiger partial charge on any atom is -0.298 e. The molecular formula is C22H23BrN4OS. The van der Waals surface area contributed by atoms with E-state index in [2.05, 4.69) is 60.2 Å². The van der Waals surface area contributed by atoms with E-state index in [1.165, 1.54) is 0 Å². The lowest BCUT2D eigenvalue weighted by atomic mass is 10.0. The number of hydrogen-bond donors (Lipinski definition) is 1. The summed E-state index contributed by atoms with van der Waals surface area (Å²) >= 11 is 5.10. The molecule has 1 amide bonds. The number of aryl methyl sites for hydroxylation is 2. The number of nitrogens with zero attached hydrogens (tertiary/aromatic N) is 3. The second kappa shape index (κ2) is 8.32. The average molecular weight is 471 g/mol. The van der Waals surface area contributed by atoms with Gasteiger partial charge in [-0.3, -0.25) is 15.1 Å². The van der Waals surface area contributed by atoms with Crippen LogP contribution in [0, 0.1) is 13.8 Å². The molecule has 0 fully saturated rings. The summed E-state index contributed by atoms with van der Waals surface area (Å²) in [4.78, 5) is 18.1. The van der Waals surface area contributed by atoms with Crippen LogP contribution in [0.2, 0.25) is 0 Å². The Kier molecular flexibility index (Phi) is 5.79. The van der Waals surface area contributed by atoms with Crippen LogP contribution in [0.1, 0.15) is 42.6 Å². The summed E-state index contributed by atoms with van der Waals surface area (Å²) < 4.78 is 0.906. The topological polar surface area (TPSA) is 57.1 Å². The Labute approximate surface area is 183 Å². The molecular weight excluding hydrogens is 448 g/mol. The highest BCUT2D eigenvalue weighted by atomic mass is 79.9. The fourth-order valence-electron chi connectivity index (χ4n) is 3.47. The Hall–Kier alpha value is -2.12. The fraction of sp³-hybridized carbons (Fsp3) is 0.318. The molecule has 2 aliphatic heterocycles. The van der Waals surface area contributed by atoms with Gasteiger partial charge in [0, 0.05) is 21.0 Å². The van der Waals surface area contributed by atoms with Crippen molar-refractivity contribution in [2.45, 2.75) is 39.8 Å². The highest BCUT2D eigenvalue weighted by Crippen LogP contribution is 2.33. The van der Waals surface area contributed by atoms with E-state index in [1.54, 1.807) is 16.8 Å². The Morgan fingerprint density at radius 3 is 2.83 bits per heavy atom. The Bertz CT molecular complexity index is 1130. The standard InChI is InChI=1S/C22H23BrN4OS/c1-4-5-10-29-22-25-21(28)19-17-12-15(23)8-9-18(17)24-20(27(19)26-22)16-11-13(2)6-7-14(16)3/h6-9,11-12,20H,4-5,10H2,1-3H3,(H,25,26,28)/t20-/m0/s1. The van der Waals surface area contributed by atoms with Gasteiger partial charge in [0.15, 0.2) is 11.3 Å². The molecule has 0 unspecified atom stereocenters. The third kappa shape index (κ3) is 3.98. The molecule has 4 rings (SSSR count). The Balaban J connectivity index is 1.90. The zero-order chi connectivity index (χ0) is 20.5. The summed E-state index contributed by atoms with van der Waals surface area (Å²) in [5, 5.41) is 11.8. The number of amidine groups is 1. The number of unbranched alkanes of at least 4 members (excludes halogenated alkanes) is 1. The van der Waals surface area contributed by atoms with E-state index in [1.807, 2.05) is 18.2 Å². The van der Waals surface area contributed by atoms with Crippen LogP contribution < -0.4 is 15.9 Å². The molecule has 0 saturated heterocycles. The molecule has 2 aliphatic rings. The van der Waals surface area contributed by atoms with Crippen molar-refractivity contribution >= 4 is 44.5 Å². The number of hydrazone groups is 1. The van der Waals surface area contributed by atoms with E-state index in [4.69, 9.17) is 10.1 Å². The van der Waals surface area contributed by atoms with Crippen molar-refractivity contribution in [3.8, 4) is 0 Å². The summed E-state index contributed by atoms with van der Waals surface area (Å²) in [6, 6.07) is 12.2. The molecule has 0 aromatic heterocycles. The van der Waals surface area contributed by atoms with Crippen LogP contribution in [0.4, 0.5) is 0 Å². The number of carbonyl (C=O) groups is 1. The lowest BCUT2D eigenvalue weighted by Gasteiger charge is -2.34. The maximum atomic E-state index is 13.1. The van der Waals surface area contributed by atoms with Gasteiger partial charge in [-0.2, -0.15) is 0 Å². The monoisotopic (exact) mass is 470 g/mol. The third-order valence-electron chi connectivity index (χ3n) is 5.02. The quantitative estimate of drug-likeness (QED) is 0.692. The number of hydrogen-bond acceptors (Lipinski definition) is 5. The molecule has 1 atom stereocenters. The number of nitrogens with one attached hydrogen (secondary N) is 1. The summed E-state index contributed by atoms with van der Waals surface area (Å²) in [7, 11) is 0. The predicted octanol–water partition coefficient (Wildman–Crippen LogP) is 3.74. The molecule has 0 aliphatic carbocycles. The van der Waals surface area contributed by atoms with Crippen molar-refractivity contribution in [2.24, 2.45) is 10.1 Å². The molecule has 0 saturated carbocycles. The average Bonchev–Trinajstić information content (AvgIpc) is 2.69. The molecule has 2 heterocycles. The molecule has 1 N–H and O–H groups in total. The number of thioether (sulfide) groups is 1. The summed E-state index contributed by atoms with van der Waals surface area (Å²) in [6.45, 7) is 6.30. The van der Waals surface area contributed by atoms with Crippen LogP contribution in [0.15, 0.2) is 51.0 Å². The second-order valence-corrected chi connectivity index (χ2v) is 9.28. The minimum atomic E-state index is -0.369. The van der Waals surface area contributed by atoms with E-state index in [-0.39, 0.29) is 12.1 Å². The highest BCUT2D eigenvalue weighted by Gasteiger charge is 2.35. The van der Waals surface area contributed by atoms with Crippen LogP contribution in [-0.4, -0.2) is 21.8 Å². The van der Waals surface area contributed by atoms with Crippen LogP contribution in [-0.2, 0) is 4.79 Å². The predicted molar refractivity (Wildman–Crippen MR) is 122 cm³/mol. The van der Waals surface area contributed by atoms with Crippen molar-refractivity contribution < 1.29 is 4.79 Å². The Morgan fingerprint density at radius 2 is 2.03 bits per heavy atom. The van der Waals surface area contributed by atoms with Gasteiger partial charge in [-0.1, -0.05) is 64.8 Å². The maximum Gasteiger partial charge on any atom is 0.276 e. The molecule has 29 heavy (non-hydrogen) atoms. The van der Waals surface area contributed by atoms with E-state index in [0.29, 0.717) is 10.9 Å². The molecule has 2 aromatic rings. The lowest BCUT2D eigenvalue weighted by molar-refractivity contribution is -0.116. The largest absolute Gasteiger partial charge is 0.298 e. The van der Waals surface area contributed by atoms with Gasteiger partial charge in [-0.25, -0.2) is 5.01 Å². The maximum absolute atomic E-state index is 13.1. The lowest BCUT2D eigenvalue weighted by Crippen LogP contribution is -2.50. The normalized spacial score (nSPS) is 17.9. The van der Waals surface area contributed by atoms with Crippen molar-refractivity contribution in [3.05, 3.63) is 68.1 Å². The van der Waals surface area contributed by atoms with Gasteiger partial charge >= 0.3 is 0 Å². The second-order valence-electron chi connectivity index (χ2n) is 7.28. The van der Waals surface area contributed by atoms with E-state index < -0.39 is 0 Å². The van der Waals surface area contributed by atoms with Gasteiger partial charge < -0.3 is 0 Å². The number of amides is 1. The number of fused-ring (bicyclic) bond motifs is 2. The minimum absolute atomic E-state index is 0.136. The first kappa shape index (κ1) is 20.2. The SMILES string of the molecule is CCCCSC1=NN2C(=c3cc(Br)ccc3=N[C@@H]2c2cc(C)ccc2C)C(=O)N1. The molecule has 2 aromatic carbocycles. The van der Waals surface area contributed by atoms with E-state index in [0.717, 1.165) is 50.3 Å². The first-order valence-electron chi connectivity index (χ1n) is 9.74. The molecule has 7 heteroatoms. The van der Waals surface area contributed by atoms with Crippen LogP contribution in [0.25, 0.3) is 5.70 Å². The zero-order valence-electron chi connectivity index (χ0n) is 16.7. The van der Waals surface area contributed by atoms with Crippen LogP contribution >= 0.6 is 27.7 Å². The smallest absolute Gasteiger partial charge is 0.276 e. The third-order valence-corrected chi connectivity index (χ3v) is 6.46.